The van der Waals surface area contributed by atoms with E-state index in [0.717, 1.165) is 26.2 Å². The van der Waals surface area contributed by atoms with E-state index >= 15 is 0 Å². The summed E-state index contributed by atoms with van der Waals surface area (Å²) in [5.41, 5.74) is 6.27. The van der Waals surface area contributed by atoms with Crippen molar-refractivity contribution in [1.29, 1.82) is 0 Å². The van der Waals surface area contributed by atoms with Crippen LogP contribution in [0.1, 0.15) is 36.6 Å². The van der Waals surface area contributed by atoms with E-state index in [1.807, 2.05) is 11.3 Å². The molecule has 1 aliphatic rings. The number of rotatable bonds is 4. The van der Waals surface area contributed by atoms with Gasteiger partial charge in [-0.2, -0.15) is 0 Å². The van der Waals surface area contributed by atoms with Crippen LogP contribution in [-0.4, -0.2) is 48.1 Å². The van der Waals surface area contributed by atoms with Gasteiger partial charge < -0.3 is 5.73 Å². The zero-order chi connectivity index (χ0) is 14.0. The minimum absolute atomic E-state index is 0.179. The first-order valence-corrected chi connectivity index (χ1v) is 8.14. The summed E-state index contributed by atoms with van der Waals surface area (Å²) in [5, 5.41) is 0. The van der Waals surface area contributed by atoms with Crippen LogP contribution < -0.4 is 5.73 Å². The highest BCUT2D eigenvalue weighted by Crippen LogP contribution is 2.31. The van der Waals surface area contributed by atoms with Crippen molar-refractivity contribution in [3.8, 4) is 0 Å². The molecule has 3 atom stereocenters. The first-order valence-electron chi connectivity index (χ1n) is 7.33. The van der Waals surface area contributed by atoms with Gasteiger partial charge in [-0.05, 0) is 39.4 Å². The van der Waals surface area contributed by atoms with E-state index in [4.69, 9.17) is 5.73 Å². The highest BCUT2D eigenvalue weighted by Gasteiger charge is 2.31. The maximum Gasteiger partial charge on any atom is 0.0591 e. The van der Waals surface area contributed by atoms with Crippen molar-refractivity contribution < 1.29 is 0 Å². The Morgan fingerprint density at radius 3 is 2.63 bits per heavy atom. The lowest BCUT2D eigenvalue weighted by molar-refractivity contribution is 0.0528. The van der Waals surface area contributed by atoms with Gasteiger partial charge in [0.05, 0.1) is 6.04 Å². The van der Waals surface area contributed by atoms with Gasteiger partial charge in [-0.15, -0.1) is 11.3 Å². The average Bonchev–Trinajstić information content (AvgIpc) is 2.75. The van der Waals surface area contributed by atoms with Crippen LogP contribution in [0.5, 0.6) is 0 Å². The molecule has 1 aromatic rings. The Balaban J connectivity index is 2.13. The maximum absolute atomic E-state index is 6.27. The highest BCUT2D eigenvalue weighted by molar-refractivity contribution is 7.12. The predicted molar refractivity (Wildman–Crippen MR) is 83.7 cm³/mol. The second-order valence-corrected chi connectivity index (χ2v) is 7.04. The minimum Gasteiger partial charge on any atom is -0.326 e. The maximum atomic E-state index is 6.27. The quantitative estimate of drug-likeness (QED) is 0.920. The van der Waals surface area contributed by atoms with Gasteiger partial charge in [0.1, 0.15) is 0 Å². The smallest absolute Gasteiger partial charge is 0.0591 e. The van der Waals surface area contributed by atoms with E-state index in [0.29, 0.717) is 12.1 Å². The number of nitrogens with two attached hydrogens (primary N) is 1. The normalized spacial score (nSPS) is 25.4. The van der Waals surface area contributed by atoms with Gasteiger partial charge in [-0.3, -0.25) is 9.80 Å². The number of aryl methyl sites for hydroxylation is 1. The van der Waals surface area contributed by atoms with Crippen LogP contribution >= 0.6 is 11.3 Å². The number of hydrogen-bond acceptors (Lipinski definition) is 4. The lowest BCUT2D eigenvalue weighted by atomic mass is 10.0. The Morgan fingerprint density at radius 1 is 1.42 bits per heavy atom. The molecule has 3 unspecified atom stereocenters. The Morgan fingerprint density at radius 2 is 2.16 bits per heavy atom. The summed E-state index contributed by atoms with van der Waals surface area (Å²) in [5.74, 6) is 0. The number of thiophene rings is 1. The average molecular weight is 281 g/mol. The molecule has 2 heterocycles. The lowest BCUT2D eigenvalue weighted by Gasteiger charge is -2.43. The topological polar surface area (TPSA) is 32.5 Å². The molecule has 2 N–H and O–H groups in total. The third-order valence-corrected chi connectivity index (χ3v) is 5.22. The largest absolute Gasteiger partial charge is 0.326 e. The molecule has 0 amide bonds. The van der Waals surface area contributed by atoms with Crippen molar-refractivity contribution in [2.24, 2.45) is 5.73 Å². The van der Waals surface area contributed by atoms with Crippen molar-refractivity contribution in [2.75, 3.05) is 26.2 Å². The standard InChI is InChI=1S/C15H27N3S/c1-5-17-8-9-18(10-11(17)2)15(13(4)16)14-7-6-12(3)19-14/h6-7,11,13,15H,5,8-10,16H2,1-4H3. The van der Waals surface area contributed by atoms with Crippen molar-refractivity contribution in [3.63, 3.8) is 0 Å². The number of hydrogen-bond donors (Lipinski definition) is 1. The molecule has 3 nitrogen and oxygen atoms in total. The van der Waals surface area contributed by atoms with E-state index in [1.54, 1.807) is 0 Å². The molecule has 0 spiro atoms. The molecular formula is C15H27N3S. The molecule has 1 saturated heterocycles. The van der Waals surface area contributed by atoms with Gasteiger partial charge in [0, 0.05) is 41.5 Å². The Bertz CT molecular complexity index is 402. The summed E-state index contributed by atoms with van der Waals surface area (Å²) in [6, 6.07) is 5.64. The summed E-state index contributed by atoms with van der Waals surface area (Å²) < 4.78 is 0. The Kier molecular flexibility index (Phi) is 5.01. The SMILES string of the molecule is CCN1CCN(C(c2ccc(C)s2)C(C)N)CC1C. The molecular weight excluding hydrogens is 254 g/mol. The minimum atomic E-state index is 0.179. The molecule has 1 aromatic heterocycles. The van der Waals surface area contributed by atoms with Crippen LogP contribution in [-0.2, 0) is 0 Å². The molecule has 0 aromatic carbocycles. The zero-order valence-corrected chi connectivity index (χ0v) is 13.4. The van der Waals surface area contributed by atoms with Crippen molar-refractivity contribution >= 4 is 11.3 Å². The summed E-state index contributed by atoms with van der Waals surface area (Å²) in [4.78, 5) is 7.92. The number of likely N-dealkylation sites (N-methyl/N-ethyl adjacent to an activating group) is 1. The molecule has 19 heavy (non-hydrogen) atoms. The third-order valence-electron chi connectivity index (χ3n) is 4.15. The van der Waals surface area contributed by atoms with Gasteiger partial charge in [0.2, 0.25) is 0 Å². The van der Waals surface area contributed by atoms with E-state index in [9.17, 15) is 0 Å². The van der Waals surface area contributed by atoms with Gasteiger partial charge >= 0.3 is 0 Å². The molecule has 0 aliphatic carbocycles. The first kappa shape index (κ1) is 15.0. The fourth-order valence-electron chi connectivity index (χ4n) is 3.13. The van der Waals surface area contributed by atoms with Gasteiger partial charge in [-0.1, -0.05) is 6.92 Å². The van der Waals surface area contributed by atoms with Crippen LogP contribution in [0.3, 0.4) is 0 Å². The second-order valence-electron chi connectivity index (χ2n) is 5.72. The number of piperazine rings is 1. The molecule has 1 fully saturated rings. The summed E-state index contributed by atoms with van der Waals surface area (Å²) in [7, 11) is 0. The van der Waals surface area contributed by atoms with Crippen LogP contribution in [0.2, 0.25) is 0 Å². The fourth-order valence-corrected chi connectivity index (χ4v) is 4.26. The first-order chi connectivity index (χ1) is 9.02. The molecule has 108 valence electrons. The van der Waals surface area contributed by atoms with Crippen molar-refractivity contribution in [1.82, 2.24) is 9.80 Å². The molecule has 1 aliphatic heterocycles. The van der Waals surface area contributed by atoms with Crippen LogP contribution in [0.4, 0.5) is 0 Å². The molecule has 2 rings (SSSR count). The third kappa shape index (κ3) is 3.37. The Labute approximate surface area is 121 Å². The van der Waals surface area contributed by atoms with Crippen LogP contribution in [0.15, 0.2) is 12.1 Å². The van der Waals surface area contributed by atoms with E-state index in [-0.39, 0.29) is 6.04 Å². The summed E-state index contributed by atoms with van der Waals surface area (Å²) >= 11 is 1.89. The van der Waals surface area contributed by atoms with E-state index in [2.05, 4.69) is 49.6 Å². The molecule has 4 heteroatoms. The van der Waals surface area contributed by atoms with Crippen LogP contribution in [0.25, 0.3) is 0 Å². The van der Waals surface area contributed by atoms with Gasteiger partial charge in [-0.25, -0.2) is 0 Å². The molecule has 0 radical (unpaired) electrons. The van der Waals surface area contributed by atoms with Crippen LogP contribution in [0, 0.1) is 6.92 Å². The lowest BCUT2D eigenvalue weighted by Crippen LogP contribution is -2.54. The van der Waals surface area contributed by atoms with E-state index in [1.165, 1.54) is 9.75 Å². The Hall–Kier alpha value is -0.420. The zero-order valence-electron chi connectivity index (χ0n) is 12.6. The highest BCUT2D eigenvalue weighted by atomic mass is 32.1. The van der Waals surface area contributed by atoms with E-state index < -0.39 is 0 Å². The second kappa shape index (κ2) is 6.35. The summed E-state index contributed by atoms with van der Waals surface area (Å²) in [6.45, 7) is 13.4. The molecule has 0 bridgehead atoms. The van der Waals surface area contributed by atoms with Crippen molar-refractivity contribution in [3.05, 3.63) is 21.9 Å². The monoisotopic (exact) mass is 281 g/mol. The predicted octanol–water partition coefficient (Wildman–Crippen LogP) is 2.47. The summed E-state index contributed by atoms with van der Waals surface area (Å²) in [6.07, 6.45) is 0. The molecule has 0 saturated carbocycles. The van der Waals surface area contributed by atoms with Gasteiger partial charge in [0.25, 0.3) is 0 Å². The van der Waals surface area contributed by atoms with Gasteiger partial charge in [0.15, 0.2) is 0 Å². The fraction of sp³-hybridized carbons (Fsp3) is 0.733. The number of nitrogens with zero attached hydrogens (tertiary/aromatic N) is 2. The van der Waals surface area contributed by atoms with Crippen molar-refractivity contribution in [2.45, 2.75) is 45.8 Å².